The maximum Gasteiger partial charge on any atom is 0.417 e. The molecular weight excluding hydrogens is 455 g/mol. The molecule has 0 aliphatic carbocycles. The number of nitrogens with one attached hydrogen (secondary N) is 1. The van der Waals surface area contributed by atoms with Gasteiger partial charge in [-0.3, -0.25) is 9.69 Å². The number of hydrogen-bond donors (Lipinski definition) is 2. The van der Waals surface area contributed by atoms with Crippen LogP contribution in [0.1, 0.15) is 47.1 Å². The van der Waals surface area contributed by atoms with E-state index in [2.05, 4.69) is 47.6 Å². The largest absolute Gasteiger partial charge is 0.417 e. The van der Waals surface area contributed by atoms with Gasteiger partial charge >= 0.3 is 6.18 Å². The van der Waals surface area contributed by atoms with Gasteiger partial charge in [-0.15, -0.1) is 5.10 Å². The van der Waals surface area contributed by atoms with Gasteiger partial charge in [0.15, 0.2) is 5.69 Å². The molecule has 34 heavy (non-hydrogen) atoms. The lowest BCUT2D eigenvalue weighted by Crippen LogP contribution is -2.34. The molecule has 1 saturated heterocycles. The molecule has 0 saturated carbocycles. The van der Waals surface area contributed by atoms with Crippen molar-refractivity contribution in [1.29, 1.82) is 0 Å². The monoisotopic (exact) mass is 477 g/mol. The fourth-order valence-electron chi connectivity index (χ4n) is 3.64. The summed E-state index contributed by atoms with van der Waals surface area (Å²) in [6.45, 7) is 4.12. The van der Waals surface area contributed by atoms with Crippen LogP contribution in [0.3, 0.4) is 0 Å². The number of anilines is 1. The number of likely N-dealkylation sites (tertiary alicyclic amines) is 1. The van der Waals surface area contributed by atoms with Gasteiger partial charge in [-0.1, -0.05) is 30.3 Å². The number of piperidine rings is 1. The Morgan fingerprint density at radius 3 is 2.71 bits per heavy atom. The molecule has 0 unspecified atom stereocenters. The highest BCUT2D eigenvalue weighted by Gasteiger charge is 2.32. The van der Waals surface area contributed by atoms with Crippen LogP contribution in [0.25, 0.3) is 5.82 Å². The van der Waals surface area contributed by atoms with Crippen LogP contribution >= 0.6 is 0 Å². The third-order valence-electron chi connectivity index (χ3n) is 5.56. The van der Waals surface area contributed by atoms with Crippen molar-refractivity contribution in [3.05, 3.63) is 46.8 Å². The first kappa shape index (κ1) is 23.4. The lowest BCUT2D eigenvalue weighted by Gasteiger charge is -2.30. The van der Waals surface area contributed by atoms with Crippen molar-refractivity contribution in [2.75, 3.05) is 18.8 Å². The second-order valence-corrected chi connectivity index (χ2v) is 8.01. The zero-order valence-electron chi connectivity index (χ0n) is 18.2. The van der Waals surface area contributed by atoms with Crippen LogP contribution in [0, 0.1) is 5.92 Å². The Hall–Kier alpha value is -3.81. The lowest BCUT2D eigenvalue weighted by atomic mass is 9.99. The Kier molecular flexibility index (Phi) is 6.58. The van der Waals surface area contributed by atoms with Crippen LogP contribution in [-0.4, -0.2) is 55.4 Å². The van der Waals surface area contributed by atoms with Gasteiger partial charge in [-0.25, -0.2) is 10.1 Å². The number of halogens is 3. The van der Waals surface area contributed by atoms with E-state index in [-0.39, 0.29) is 22.9 Å². The number of aromatic nitrogens is 5. The molecule has 1 aliphatic rings. The van der Waals surface area contributed by atoms with Crippen molar-refractivity contribution in [2.45, 2.75) is 32.5 Å². The number of hydrazone groups is 1. The van der Waals surface area contributed by atoms with Crippen LogP contribution in [0.4, 0.5) is 19.0 Å². The van der Waals surface area contributed by atoms with Crippen LogP contribution in [-0.2, 0) is 12.7 Å². The number of nitrogens with zero attached hydrogens (tertiary/aromatic N) is 7. The number of alkyl halides is 3. The van der Waals surface area contributed by atoms with Gasteiger partial charge in [-0.2, -0.15) is 23.0 Å². The quantitative estimate of drug-likeness (QED) is 0.407. The van der Waals surface area contributed by atoms with Gasteiger partial charge in [-0.05, 0) is 48.2 Å². The van der Waals surface area contributed by atoms with Crippen molar-refractivity contribution < 1.29 is 22.6 Å². The topological polar surface area (TPSA) is 140 Å². The summed E-state index contributed by atoms with van der Waals surface area (Å²) in [5.74, 6) is -0.101. The minimum atomic E-state index is -4.56. The first-order valence-electron chi connectivity index (χ1n) is 10.5. The average Bonchev–Trinajstić information content (AvgIpc) is 3.40. The third kappa shape index (κ3) is 5.06. The molecule has 1 aromatic carbocycles. The van der Waals surface area contributed by atoms with Crippen molar-refractivity contribution >= 4 is 17.9 Å². The Morgan fingerprint density at radius 1 is 1.29 bits per heavy atom. The van der Waals surface area contributed by atoms with Crippen LogP contribution < -0.4 is 11.2 Å². The maximum absolute atomic E-state index is 13.2. The van der Waals surface area contributed by atoms with Crippen molar-refractivity contribution in [3.8, 4) is 5.82 Å². The number of hydrogen-bond acceptors (Lipinski definition) is 9. The zero-order valence-corrected chi connectivity index (χ0v) is 18.2. The Labute approximate surface area is 191 Å². The fraction of sp³-hybridized carbons (Fsp3) is 0.400. The number of carbonyl (C=O) groups is 1. The normalized spacial score (nSPS) is 15.8. The van der Waals surface area contributed by atoms with E-state index in [4.69, 9.17) is 5.73 Å². The first-order valence-corrected chi connectivity index (χ1v) is 10.5. The van der Waals surface area contributed by atoms with E-state index < -0.39 is 17.6 Å². The molecule has 1 fully saturated rings. The number of amides is 1. The Balaban J connectivity index is 1.57. The summed E-state index contributed by atoms with van der Waals surface area (Å²) in [6, 6.07) is 4.90. The number of rotatable bonds is 6. The van der Waals surface area contributed by atoms with E-state index in [9.17, 15) is 18.0 Å². The summed E-state index contributed by atoms with van der Waals surface area (Å²) in [5.41, 5.74) is 7.26. The molecule has 0 radical (unpaired) electrons. The molecule has 3 aromatic rings. The molecule has 4 rings (SSSR count). The van der Waals surface area contributed by atoms with Crippen molar-refractivity contribution in [3.63, 3.8) is 0 Å². The second-order valence-electron chi connectivity index (χ2n) is 8.01. The van der Waals surface area contributed by atoms with E-state index in [1.807, 2.05) is 0 Å². The van der Waals surface area contributed by atoms with E-state index >= 15 is 0 Å². The Bertz CT molecular complexity index is 1180. The summed E-state index contributed by atoms with van der Waals surface area (Å²) in [7, 11) is 0. The highest BCUT2D eigenvalue weighted by atomic mass is 19.4. The lowest BCUT2D eigenvalue weighted by molar-refractivity contribution is -0.137. The molecule has 0 atom stereocenters. The molecule has 11 nitrogen and oxygen atoms in total. The van der Waals surface area contributed by atoms with Crippen LogP contribution in [0.2, 0.25) is 0 Å². The molecule has 1 aliphatic heterocycles. The molecule has 3 N–H and O–H groups in total. The third-order valence-corrected chi connectivity index (χ3v) is 5.56. The predicted molar refractivity (Wildman–Crippen MR) is 114 cm³/mol. The number of benzene rings is 1. The minimum absolute atomic E-state index is 0.0350. The van der Waals surface area contributed by atoms with E-state index in [1.165, 1.54) is 22.9 Å². The number of carbonyl (C=O) groups excluding carboxylic acids is 1. The molecule has 0 spiro atoms. The van der Waals surface area contributed by atoms with Gasteiger partial charge in [0.05, 0.1) is 17.5 Å². The summed E-state index contributed by atoms with van der Waals surface area (Å²) in [4.78, 5) is 15.0. The van der Waals surface area contributed by atoms with Crippen molar-refractivity contribution in [1.82, 2.24) is 35.6 Å². The van der Waals surface area contributed by atoms with E-state index in [0.29, 0.717) is 18.2 Å². The average molecular weight is 477 g/mol. The maximum atomic E-state index is 13.2. The number of nitrogen functional groups attached to an aromatic ring is 1. The second kappa shape index (κ2) is 9.59. The highest BCUT2D eigenvalue weighted by molar-refractivity contribution is 5.94. The van der Waals surface area contributed by atoms with E-state index in [0.717, 1.165) is 38.2 Å². The minimum Gasteiger partial charge on any atom is -0.378 e. The molecule has 14 heteroatoms. The molecule has 180 valence electrons. The summed E-state index contributed by atoms with van der Waals surface area (Å²) >= 11 is 0. The molecule has 0 bridgehead atoms. The fourth-order valence-corrected chi connectivity index (χ4v) is 3.64. The first-order chi connectivity index (χ1) is 16.2. The Morgan fingerprint density at radius 2 is 2.03 bits per heavy atom. The molecular formula is C20H22F3N9O2. The van der Waals surface area contributed by atoms with Gasteiger partial charge in [0.1, 0.15) is 0 Å². The van der Waals surface area contributed by atoms with E-state index in [1.54, 1.807) is 0 Å². The molecule has 2 aromatic heterocycles. The molecule has 1 amide bonds. The number of nitrogens with two attached hydrogens (primary N) is 1. The summed E-state index contributed by atoms with van der Waals surface area (Å²) in [6.07, 6.45) is -1.63. The highest BCUT2D eigenvalue weighted by Crippen LogP contribution is 2.31. The van der Waals surface area contributed by atoms with Gasteiger partial charge in [0, 0.05) is 12.1 Å². The van der Waals surface area contributed by atoms with Gasteiger partial charge in [0.2, 0.25) is 11.6 Å². The van der Waals surface area contributed by atoms with Gasteiger partial charge < -0.3 is 5.73 Å². The molecule has 3 heterocycles. The summed E-state index contributed by atoms with van der Waals surface area (Å²) in [5, 5.41) is 18.8. The standard InChI is InChI=1S/C20H22F3N9O2/c1-12-6-8-31(9-7-12)11-15-16(26-30-32(15)18-17(24)28-34-29-18)19(33)27-25-10-13-4-2-3-5-14(13)20(21,22)23/h2-5,10,12H,6-9,11H2,1H3,(H2,24,28)(H,27,33)/b25-10-. The van der Waals surface area contributed by atoms with Crippen LogP contribution in [0.15, 0.2) is 34.0 Å². The van der Waals surface area contributed by atoms with Crippen molar-refractivity contribution in [2.24, 2.45) is 11.0 Å². The van der Waals surface area contributed by atoms with Gasteiger partial charge in [0.25, 0.3) is 5.91 Å². The smallest absolute Gasteiger partial charge is 0.378 e. The SMILES string of the molecule is CC1CCN(Cc2c(C(=O)N/N=C\c3ccccc3C(F)(F)F)nnn2-c2nonc2N)CC1. The predicted octanol–water partition coefficient (Wildman–Crippen LogP) is 2.25. The van der Waals surface area contributed by atoms with Crippen LogP contribution in [0.5, 0.6) is 0 Å². The zero-order chi connectivity index (χ0) is 24.3. The summed E-state index contributed by atoms with van der Waals surface area (Å²) < 4.78 is 45.4.